The number of phenolic OH excluding ortho intramolecular Hbond substituents is 1. The fraction of sp³-hybridized carbons (Fsp3) is 0.407. The number of aromatic hydroxyl groups is 1. The van der Waals surface area contributed by atoms with Crippen LogP contribution >= 0.6 is 11.6 Å². The fourth-order valence-electron chi connectivity index (χ4n) is 4.92. The summed E-state index contributed by atoms with van der Waals surface area (Å²) >= 11 is 6.20. The summed E-state index contributed by atoms with van der Waals surface area (Å²) in [5, 5.41) is 21.6. The van der Waals surface area contributed by atoms with Crippen molar-refractivity contribution in [3.63, 3.8) is 0 Å². The van der Waals surface area contributed by atoms with E-state index in [1.165, 1.54) is 6.07 Å². The zero-order valence-corrected chi connectivity index (χ0v) is 20.2. The van der Waals surface area contributed by atoms with Crippen molar-refractivity contribution in [3.05, 3.63) is 69.2 Å². The second kappa shape index (κ2) is 8.53. The van der Waals surface area contributed by atoms with Crippen LogP contribution in [0, 0.1) is 6.92 Å². The molecule has 1 atom stereocenters. The van der Waals surface area contributed by atoms with E-state index in [-0.39, 0.29) is 33.6 Å². The molecule has 4 rings (SSSR count). The Morgan fingerprint density at radius 3 is 2.33 bits per heavy atom. The van der Waals surface area contributed by atoms with E-state index in [1.54, 1.807) is 17.0 Å². The quantitative estimate of drug-likeness (QED) is 0.329. The number of aryl methyl sites for hydroxylation is 1. The van der Waals surface area contributed by atoms with E-state index in [4.69, 9.17) is 11.6 Å². The highest BCUT2D eigenvalue weighted by atomic mass is 35.5. The van der Waals surface area contributed by atoms with Gasteiger partial charge in [0.15, 0.2) is 0 Å². The second-order valence-corrected chi connectivity index (χ2v) is 10.5. The Balaban J connectivity index is 1.94. The average Bonchev–Trinajstić information content (AvgIpc) is 3.36. The molecule has 33 heavy (non-hydrogen) atoms. The summed E-state index contributed by atoms with van der Waals surface area (Å²) in [6.07, 6.45) is 3.61. The highest BCUT2D eigenvalue weighted by Gasteiger charge is 2.49. The average molecular weight is 468 g/mol. The van der Waals surface area contributed by atoms with Gasteiger partial charge in [0.25, 0.3) is 11.7 Å². The first kappa shape index (κ1) is 23.4. The van der Waals surface area contributed by atoms with Gasteiger partial charge in [-0.1, -0.05) is 63.4 Å². The molecule has 2 N–H and O–H groups in total. The number of rotatable bonds is 3. The van der Waals surface area contributed by atoms with Crippen LogP contribution in [0.15, 0.2) is 42.0 Å². The molecule has 1 aliphatic heterocycles. The number of likely N-dealkylation sites (tertiary alicyclic amines) is 1. The van der Waals surface area contributed by atoms with E-state index in [0.29, 0.717) is 11.1 Å². The highest BCUT2D eigenvalue weighted by Crippen LogP contribution is 2.45. The van der Waals surface area contributed by atoms with Gasteiger partial charge in [-0.2, -0.15) is 0 Å². The van der Waals surface area contributed by atoms with Gasteiger partial charge in [0.05, 0.1) is 16.6 Å². The molecular weight excluding hydrogens is 438 g/mol. The number of benzene rings is 2. The molecule has 1 amide bonds. The third-order valence-corrected chi connectivity index (χ3v) is 7.15. The SMILES string of the molecule is Cc1ccc(C(C)(C)C)cc1/C(O)=C1\C(=O)C(=O)N(C2CCCC2)C1c1ccc(O)c(Cl)c1. The van der Waals surface area contributed by atoms with Crippen LogP contribution in [0.5, 0.6) is 5.75 Å². The molecule has 0 aromatic heterocycles. The Hall–Kier alpha value is -2.79. The Bertz CT molecular complexity index is 1160. The standard InChI is InChI=1S/C27H30ClNO4/c1-15-9-11-17(27(2,3)4)14-19(15)24(31)22-23(16-10-12-21(30)20(28)13-16)29(26(33)25(22)32)18-7-5-6-8-18/h9-14,18,23,30-31H,5-8H2,1-4H3/b24-22+. The molecular formula is C27H30ClNO4. The molecule has 1 saturated carbocycles. The summed E-state index contributed by atoms with van der Waals surface area (Å²) in [4.78, 5) is 28.2. The van der Waals surface area contributed by atoms with E-state index >= 15 is 0 Å². The smallest absolute Gasteiger partial charge is 0.295 e. The van der Waals surface area contributed by atoms with Crippen molar-refractivity contribution in [2.75, 3.05) is 0 Å². The summed E-state index contributed by atoms with van der Waals surface area (Å²) in [5.41, 5.74) is 2.89. The number of carbonyl (C=O) groups excluding carboxylic acids is 2. The van der Waals surface area contributed by atoms with Crippen molar-refractivity contribution in [2.45, 2.75) is 70.9 Å². The van der Waals surface area contributed by atoms with E-state index in [2.05, 4.69) is 20.8 Å². The van der Waals surface area contributed by atoms with Crippen molar-refractivity contribution >= 4 is 29.1 Å². The summed E-state index contributed by atoms with van der Waals surface area (Å²) < 4.78 is 0. The lowest BCUT2D eigenvalue weighted by atomic mass is 9.84. The van der Waals surface area contributed by atoms with Gasteiger partial charge in [0.2, 0.25) is 0 Å². The van der Waals surface area contributed by atoms with E-state index < -0.39 is 17.7 Å². The van der Waals surface area contributed by atoms with Crippen LogP contribution in [0.25, 0.3) is 5.76 Å². The molecule has 1 unspecified atom stereocenters. The van der Waals surface area contributed by atoms with Gasteiger partial charge in [0, 0.05) is 11.6 Å². The predicted octanol–water partition coefficient (Wildman–Crippen LogP) is 6.02. The lowest BCUT2D eigenvalue weighted by Gasteiger charge is -2.31. The first-order valence-electron chi connectivity index (χ1n) is 11.4. The van der Waals surface area contributed by atoms with Crippen LogP contribution in [0.3, 0.4) is 0 Å². The number of phenols is 1. The lowest BCUT2D eigenvalue weighted by molar-refractivity contribution is -0.141. The van der Waals surface area contributed by atoms with E-state index in [9.17, 15) is 19.8 Å². The van der Waals surface area contributed by atoms with Crippen LogP contribution in [-0.4, -0.2) is 32.8 Å². The molecule has 174 valence electrons. The molecule has 6 heteroatoms. The zero-order chi connectivity index (χ0) is 24.1. The first-order chi connectivity index (χ1) is 15.5. The van der Waals surface area contributed by atoms with Crippen LogP contribution in [0.1, 0.15) is 74.8 Å². The second-order valence-electron chi connectivity index (χ2n) is 10.1. The monoisotopic (exact) mass is 467 g/mol. The number of aliphatic hydroxyl groups excluding tert-OH is 1. The number of hydrogen-bond donors (Lipinski definition) is 2. The Morgan fingerprint density at radius 1 is 1.06 bits per heavy atom. The number of ketones is 1. The zero-order valence-electron chi connectivity index (χ0n) is 19.5. The number of carbonyl (C=O) groups is 2. The largest absolute Gasteiger partial charge is 0.507 e. The van der Waals surface area contributed by atoms with E-state index in [1.807, 2.05) is 25.1 Å². The third-order valence-electron chi connectivity index (χ3n) is 6.84. The van der Waals surface area contributed by atoms with E-state index in [0.717, 1.165) is 36.8 Å². The molecule has 1 aliphatic carbocycles. The van der Waals surface area contributed by atoms with Crippen molar-refractivity contribution in [3.8, 4) is 5.75 Å². The van der Waals surface area contributed by atoms with Gasteiger partial charge in [-0.15, -0.1) is 0 Å². The minimum absolute atomic E-state index is 0.0721. The molecule has 2 fully saturated rings. The molecule has 0 spiro atoms. The van der Waals surface area contributed by atoms with Gasteiger partial charge in [-0.05, 0) is 60.1 Å². The van der Waals surface area contributed by atoms with Crippen LogP contribution in [0.2, 0.25) is 5.02 Å². The maximum absolute atomic E-state index is 13.3. The van der Waals surface area contributed by atoms with Gasteiger partial charge in [-0.25, -0.2) is 0 Å². The van der Waals surface area contributed by atoms with Crippen molar-refractivity contribution in [1.82, 2.24) is 4.90 Å². The van der Waals surface area contributed by atoms with Crippen LogP contribution in [0.4, 0.5) is 0 Å². The molecule has 1 heterocycles. The minimum Gasteiger partial charge on any atom is -0.507 e. The summed E-state index contributed by atoms with van der Waals surface area (Å²) in [6.45, 7) is 8.12. The van der Waals surface area contributed by atoms with Gasteiger partial charge in [-0.3, -0.25) is 9.59 Å². The molecule has 2 aromatic rings. The molecule has 1 saturated heterocycles. The van der Waals surface area contributed by atoms with Gasteiger partial charge in [0.1, 0.15) is 11.5 Å². The molecule has 2 aliphatic rings. The Labute approximate surface area is 199 Å². The highest BCUT2D eigenvalue weighted by molar-refractivity contribution is 6.46. The van der Waals surface area contributed by atoms with Crippen LogP contribution < -0.4 is 0 Å². The lowest BCUT2D eigenvalue weighted by Crippen LogP contribution is -2.37. The van der Waals surface area contributed by atoms with Gasteiger partial charge >= 0.3 is 0 Å². The van der Waals surface area contributed by atoms with Crippen LogP contribution in [-0.2, 0) is 15.0 Å². The molecule has 5 nitrogen and oxygen atoms in total. The Morgan fingerprint density at radius 2 is 1.73 bits per heavy atom. The molecule has 2 aromatic carbocycles. The van der Waals surface area contributed by atoms with Crippen molar-refractivity contribution in [2.24, 2.45) is 0 Å². The van der Waals surface area contributed by atoms with Crippen molar-refractivity contribution < 1.29 is 19.8 Å². The molecule has 0 bridgehead atoms. The number of aliphatic hydroxyl groups is 1. The normalized spacial score (nSPS) is 21.2. The number of hydrogen-bond acceptors (Lipinski definition) is 4. The predicted molar refractivity (Wildman–Crippen MR) is 129 cm³/mol. The Kier molecular flexibility index (Phi) is 6.04. The fourth-order valence-corrected chi connectivity index (χ4v) is 5.11. The minimum atomic E-state index is -0.760. The van der Waals surface area contributed by atoms with Crippen molar-refractivity contribution in [1.29, 1.82) is 0 Å². The summed E-state index contributed by atoms with van der Waals surface area (Å²) in [5.74, 6) is -1.53. The number of amides is 1. The number of nitrogens with zero attached hydrogens (tertiary/aromatic N) is 1. The molecule has 0 radical (unpaired) electrons. The summed E-state index contributed by atoms with van der Waals surface area (Å²) in [6, 6.07) is 9.68. The van der Waals surface area contributed by atoms with Gasteiger partial charge < -0.3 is 15.1 Å². The third kappa shape index (κ3) is 4.15. The topological polar surface area (TPSA) is 77.8 Å². The number of Topliss-reactive ketones (excluding diaryl/α,β-unsaturated/α-hetero) is 1. The first-order valence-corrected chi connectivity index (χ1v) is 11.8. The summed E-state index contributed by atoms with van der Waals surface area (Å²) in [7, 11) is 0. The maximum Gasteiger partial charge on any atom is 0.295 e. The number of halogens is 1. The maximum atomic E-state index is 13.3.